The van der Waals surface area contributed by atoms with Gasteiger partial charge in [-0.05, 0) is 63.8 Å². The molecule has 1 fully saturated rings. The van der Waals surface area contributed by atoms with Crippen molar-refractivity contribution in [2.45, 2.75) is 19.4 Å². The van der Waals surface area contributed by atoms with Crippen LogP contribution in [0.5, 0.6) is 5.75 Å². The fourth-order valence-corrected chi connectivity index (χ4v) is 4.44. The molecule has 1 aromatic heterocycles. The molecule has 1 saturated heterocycles. The number of ether oxygens (including phenoxy) is 1. The molecule has 0 bridgehead atoms. The van der Waals surface area contributed by atoms with E-state index in [-0.39, 0.29) is 11.3 Å². The van der Waals surface area contributed by atoms with E-state index in [1.807, 2.05) is 68.4 Å². The van der Waals surface area contributed by atoms with Gasteiger partial charge >= 0.3 is 0 Å². The third-order valence-corrected chi connectivity index (χ3v) is 6.22. The Hall–Kier alpha value is -3.91. The van der Waals surface area contributed by atoms with Crippen molar-refractivity contribution in [2.24, 2.45) is 0 Å². The number of rotatable bonds is 8. The van der Waals surface area contributed by atoms with E-state index < -0.39 is 17.7 Å². The highest BCUT2D eigenvalue weighted by Crippen LogP contribution is 2.40. The fraction of sp³-hybridized carbons (Fsp3) is 0.296. The van der Waals surface area contributed by atoms with E-state index in [0.717, 1.165) is 12.2 Å². The molecule has 0 spiro atoms. The van der Waals surface area contributed by atoms with E-state index >= 15 is 0 Å². The number of benzene rings is 2. The molecule has 3 aromatic rings. The number of aliphatic hydroxyl groups excluding tert-OH is 1. The molecule has 2 aromatic carbocycles. The summed E-state index contributed by atoms with van der Waals surface area (Å²) in [7, 11) is 5.48. The Balaban J connectivity index is 1.82. The number of para-hydroxylation sites is 1. The maximum atomic E-state index is 13.3. The summed E-state index contributed by atoms with van der Waals surface area (Å²) in [5.41, 5.74) is 2.66. The van der Waals surface area contributed by atoms with Gasteiger partial charge in [-0.1, -0.05) is 30.3 Å². The number of carbonyl (C=O) groups excluding carboxylic acids is 2. The lowest BCUT2D eigenvalue weighted by atomic mass is 9.95. The highest BCUT2D eigenvalue weighted by molar-refractivity contribution is 6.46. The normalized spacial score (nSPS) is 17.4. The second-order valence-corrected chi connectivity index (χ2v) is 8.82. The summed E-state index contributed by atoms with van der Waals surface area (Å²) < 4.78 is 7.08. The topological polar surface area (TPSA) is 87.9 Å². The summed E-state index contributed by atoms with van der Waals surface area (Å²) in [6, 6.07) is 16.0. The van der Waals surface area contributed by atoms with E-state index in [0.29, 0.717) is 35.5 Å². The van der Waals surface area contributed by atoms with Gasteiger partial charge in [-0.2, -0.15) is 5.10 Å². The number of ketones is 1. The third-order valence-electron chi connectivity index (χ3n) is 6.22. The lowest BCUT2D eigenvalue weighted by Crippen LogP contribution is -2.32. The van der Waals surface area contributed by atoms with E-state index in [1.165, 1.54) is 6.20 Å². The lowest BCUT2D eigenvalue weighted by molar-refractivity contribution is -0.139. The van der Waals surface area contributed by atoms with Gasteiger partial charge in [-0.15, -0.1) is 0 Å². The Morgan fingerprint density at radius 2 is 1.86 bits per heavy atom. The van der Waals surface area contributed by atoms with Gasteiger partial charge in [0.05, 0.1) is 41.9 Å². The monoisotopic (exact) mass is 474 g/mol. The van der Waals surface area contributed by atoms with Gasteiger partial charge in [0.15, 0.2) is 0 Å². The maximum Gasteiger partial charge on any atom is 0.295 e. The SMILES string of the molecule is COc1cccc([C@H]2C(=C(O)c3cnn(-c4ccccc4)c3C)C(=O)C(=O)N2CCCN(C)C)c1. The lowest BCUT2D eigenvalue weighted by Gasteiger charge is -2.26. The highest BCUT2D eigenvalue weighted by Gasteiger charge is 2.46. The van der Waals surface area contributed by atoms with Gasteiger partial charge in [0.2, 0.25) is 0 Å². The van der Waals surface area contributed by atoms with Crippen LogP contribution in [0.25, 0.3) is 11.4 Å². The summed E-state index contributed by atoms with van der Waals surface area (Å²) in [4.78, 5) is 30.0. The van der Waals surface area contributed by atoms with Crippen molar-refractivity contribution < 1.29 is 19.4 Å². The smallest absolute Gasteiger partial charge is 0.295 e. The number of aliphatic hydroxyl groups is 1. The number of likely N-dealkylation sites (tertiary alicyclic amines) is 1. The van der Waals surface area contributed by atoms with Crippen LogP contribution in [0.1, 0.15) is 29.3 Å². The number of hydrogen-bond donors (Lipinski definition) is 1. The standard InChI is InChI=1S/C27H30N4O4/c1-18-22(17-28-31(18)20-11-6-5-7-12-20)25(32)23-24(19-10-8-13-21(16-19)35-4)30(27(34)26(23)33)15-9-14-29(2)3/h5-8,10-13,16-17,24,32H,9,14-15H2,1-4H3/t24-/m0/s1. The van der Waals surface area contributed by atoms with Crippen molar-refractivity contribution in [1.29, 1.82) is 0 Å². The van der Waals surface area contributed by atoms with E-state index in [2.05, 4.69) is 5.10 Å². The molecule has 35 heavy (non-hydrogen) atoms. The minimum absolute atomic E-state index is 0.0591. The zero-order valence-electron chi connectivity index (χ0n) is 20.4. The second-order valence-electron chi connectivity index (χ2n) is 8.82. The van der Waals surface area contributed by atoms with Gasteiger partial charge in [0, 0.05) is 6.54 Å². The molecular weight excluding hydrogens is 444 g/mol. The Morgan fingerprint density at radius 3 is 2.54 bits per heavy atom. The molecule has 4 rings (SSSR count). The third kappa shape index (κ3) is 4.70. The predicted molar refractivity (Wildman–Crippen MR) is 133 cm³/mol. The van der Waals surface area contributed by atoms with Crippen molar-refractivity contribution in [2.75, 3.05) is 34.3 Å². The van der Waals surface area contributed by atoms with Gasteiger partial charge in [0.25, 0.3) is 11.7 Å². The summed E-state index contributed by atoms with van der Waals surface area (Å²) >= 11 is 0. The molecule has 0 unspecified atom stereocenters. The Bertz CT molecular complexity index is 1260. The molecule has 2 heterocycles. The minimum Gasteiger partial charge on any atom is -0.507 e. The van der Waals surface area contributed by atoms with Crippen molar-refractivity contribution in [1.82, 2.24) is 19.6 Å². The van der Waals surface area contributed by atoms with Crippen molar-refractivity contribution >= 4 is 17.4 Å². The molecule has 1 aliphatic rings. The molecule has 1 N–H and O–H groups in total. The predicted octanol–water partition coefficient (Wildman–Crippen LogP) is 3.56. The summed E-state index contributed by atoms with van der Waals surface area (Å²) in [5, 5.41) is 15.8. The molecule has 8 nitrogen and oxygen atoms in total. The molecule has 182 valence electrons. The van der Waals surface area contributed by atoms with E-state index in [9.17, 15) is 14.7 Å². The molecule has 8 heteroatoms. The molecule has 1 atom stereocenters. The number of carbonyl (C=O) groups is 2. The number of nitrogens with zero attached hydrogens (tertiary/aromatic N) is 4. The van der Waals surface area contributed by atoms with E-state index in [1.54, 1.807) is 28.8 Å². The highest BCUT2D eigenvalue weighted by atomic mass is 16.5. The molecule has 0 radical (unpaired) electrons. The quantitative estimate of drug-likeness (QED) is 0.305. The Morgan fingerprint density at radius 1 is 1.11 bits per heavy atom. The first-order chi connectivity index (χ1) is 16.8. The van der Waals surface area contributed by atoms with Crippen molar-refractivity contribution in [3.05, 3.63) is 83.2 Å². The molecule has 1 aliphatic heterocycles. The zero-order chi connectivity index (χ0) is 25.1. The van der Waals surface area contributed by atoms with Crippen LogP contribution in [0.2, 0.25) is 0 Å². The Labute approximate surface area is 205 Å². The fourth-order valence-electron chi connectivity index (χ4n) is 4.44. The number of aromatic nitrogens is 2. The average molecular weight is 475 g/mol. The summed E-state index contributed by atoms with van der Waals surface area (Å²) in [5.74, 6) is -0.946. The molecule has 1 amide bonds. The first kappa shape index (κ1) is 24.2. The van der Waals surface area contributed by atoms with Crippen LogP contribution in [0.4, 0.5) is 0 Å². The number of Topliss-reactive ketones (excluding diaryl/α,β-unsaturated/α-hetero) is 1. The average Bonchev–Trinajstić information content (AvgIpc) is 3.36. The van der Waals surface area contributed by atoms with Crippen molar-refractivity contribution in [3.8, 4) is 11.4 Å². The van der Waals surface area contributed by atoms with Crippen LogP contribution in [0, 0.1) is 6.92 Å². The van der Waals surface area contributed by atoms with Crippen LogP contribution < -0.4 is 4.74 Å². The van der Waals surface area contributed by atoms with Gasteiger partial charge < -0.3 is 19.6 Å². The van der Waals surface area contributed by atoms with Crippen molar-refractivity contribution in [3.63, 3.8) is 0 Å². The molecule has 0 saturated carbocycles. The minimum atomic E-state index is -0.730. The van der Waals surface area contributed by atoms with Gasteiger partial charge in [0.1, 0.15) is 11.5 Å². The number of methoxy groups -OCH3 is 1. The first-order valence-corrected chi connectivity index (χ1v) is 11.5. The zero-order valence-corrected chi connectivity index (χ0v) is 20.4. The Kier molecular flexibility index (Phi) is 7.02. The van der Waals surface area contributed by atoms with Crippen LogP contribution in [0.15, 0.2) is 66.4 Å². The molecule has 0 aliphatic carbocycles. The second kappa shape index (κ2) is 10.1. The number of hydrogen-bond acceptors (Lipinski definition) is 6. The summed E-state index contributed by atoms with van der Waals surface area (Å²) in [6.07, 6.45) is 2.21. The van der Waals surface area contributed by atoms with Crippen LogP contribution in [0.3, 0.4) is 0 Å². The first-order valence-electron chi connectivity index (χ1n) is 11.5. The largest absolute Gasteiger partial charge is 0.507 e. The maximum absolute atomic E-state index is 13.3. The van der Waals surface area contributed by atoms with E-state index in [4.69, 9.17) is 4.74 Å². The molecular formula is C27H30N4O4. The van der Waals surface area contributed by atoms with Gasteiger partial charge in [-0.25, -0.2) is 4.68 Å². The van der Waals surface area contributed by atoms with Gasteiger partial charge in [-0.3, -0.25) is 9.59 Å². The number of amides is 1. The van der Waals surface area contributed by atoms with Crippen LogP contribution >= 0.6 is 0 Å². The summed E-state index contributed by atoms with van der Waals surface area (Å²) in [6.45, 7) is 2.96. The van der Waals surface area contributed by atoms with Crippen LogP contribution in [-0.4, -0.2) is 70.7 Å². The van der Waals surface area contributed by atoms with Crippen LogP contribution in [-0.2, 0) is 9.59 Å².